The van der Waals surface area contributed by atoms with Crippen LogP contribution in [-0.2, 0) is 8.85 Å². The molecule has 0 saturated heterocycles. The van der Waals surface area contributed by atoms with Crippen LogP contribution < -0.4 is 0 Å². The highest BCUT2D eigenvalue weighted by molar-refractivity contribution is 6.70. The van der Waals surface area contributed by atoms with Gasteiger partial charge >= 0.3 is 8.56 Å². The molecule has 0 spiro atoms. The minimum atomic E-state index is -2.04. The average Bonchev–Trinajstić information content (AvgIpc) is 2.53. The Bertz CT molecular complexity index is 283. The number of hydrogen-bond acceptors (Lipinski definition) is 2. The van der Waals surface area contributed by atoms with Crippen molar-refractivity contribution in [2.45, 2.75) is 96.1 Å². The van der Waals surface area contributed by atoms with Gasteiger partial charge in [0.05, 0.1) is 0 Å². The molecular weight excluding hydrogens is 276 g/mol. The van der Waals surface area contributed by atoms with Gasteiger partial charge in [0.25, 0.3) is 0 Å². The smallest absolute Gasteiger partial charge is 0.344 e. The van der Waals surface area contributed by atoms with Crippen LogP contribution in [0.3, 0.4) is 0 Å². The molecule has 2 fully saturated rings. The molecule has 0 aromatic carbocycles. The lowest BCUT2D eigenvalue weighted by Gasteiger charge is -2.46. The first-order valence-electron chi connectivity index (χ1n) is 9.50. The van der Waals surface area contributed by atoms with Crippen LogP contribution in [0.4, 0.5) is 0 Å². The van der Waals surface area contributed by atoms with Gasteiger partial charge in [-0.15, -0.1) is 0 Å². The second-order valence-electron chi connectivity index (χ2n) is 7.29. The summed E-state index contributed by atoms with van der Waals surface area (Å²) in [5.41, 5.74) is 1.51. The van der Waals surface area contributed by atoms with Crippen molar-refractivity contribution >= 4 is 8.56 Å². The predicted octanol–water partition coefficient (Wildman–Crippen LogP) is 5.81. The molecule has 3 heteroatoms. The molecule has 0 bridgehead atoms. The Morgan fingerprint density at radius 1 is 0.810 bits per heavy atom. The molecular formula is C18H36O2Si. The minimum Gasteiger partial charge on any atom is -0.394 e. The van der Waals surface area contributed by atoms with Crippen LogP contribution in [0.1, 0.15) is 85.0 Å². The van der Waals surface area contributed by atoms with Crippen LogP contribution in [0.2, 0.25) is 11.1 Å². The molecule has 1 unspecified atom stereocenters. The molecule has 1 atom stereocenters. The van der Waals surface area contributed by atoms with Crippen molar-refractivity contribution < 1.29 is 8.85 Å². The van der Waals surface area contributed by atoms with E-state index < -0.39 is 8.56 Å². The maximum Gasteiger partial charge on any atom is 0.344 e. The van der Waals surface area contributed by atoms with Gasteiger partial charge < -0.3 is 8.85 Å². The van der Waals surface area contributed by atoms with Gasteiger partial charge in [-0.25, -0.2) is 0 Å². The van der Waals surface area contributed by atoms with E-state index in [2.05, 4.69) is 20.8 Å². The number of rotatable bonds is 7. The molecule has 0 aromatic heterocycles. The van der Waals surface area contributed by atoms with Crippen LogP contribution >= 0.6 is 0 Å². The summed E-state index contributed by atoms with van der Waals surface area (Å²) in [6.07, 6.45) is 13.5. The molecule has 0 aromatic rings. The largest absolute Gasteiger partial charge is 0.394 e. The molecule has 0 radical (unpaired) electrons. The highest BCUT2D eigenvalue weighted by Crippen LogP contribution is 2.50. The van der Waals surface area contributed by atoms with Crippen LogP contribution in [0.15, 0.2) is 0 Å². The van der Waals surface area contributed by atoms with E-state index in [-0.39, 0.29) is 0 Å². The summed E-state index contributed by atoms with van der Waals surface area (Å²) < 4.78 is 13.2. The summed E-state index contributed by atoms with van der Waals surface area (Å²) in [4.78, 5) is 0. The van der Waals surface area contributed by atoms with Crippen LogP contribution in [0.5, 0.6) is 0 Å². The van der Waals surface area contributed by atoms with Gasteiger partial charge in [-0.3, -0.25) is 0 Å². The Labute approximate surface area is 133 Å². The minimum absolute atomic E-state index is 0.753. The van der Waals surface area contributed by atoms with Crippen LogP contribution in [0.25, 0.3) is 0 Å². The van der Waals surface area contributed by atoms with E-state index in [9.17, 15) is 0 Å². The third kappa shape index (κ3) is 4.32. The van der Waals surface area contributed by atoms with Gasteiger partial charge in [-0.1, -0.05) is 46.0 Å². The molecule has 0 heterocycles. The van der Waals surface area contributed by atoms with Crippen LogP contribution in [-0.4, -0.2) is 21.8 Å². The van der Waals surface area contributed by atoms with Gasteiger partial charge in [0.2, 0.25) is 0 Å². The predicted molar refractivity (Wildman–Crippen MR) is 91.8 cm³/mol. The maximum atomic E-state index is 6.65. The zero-order valence-corrected chi connectivity index (χ0v) is 15.5. The average molecular weight is 313 g/mol. The van der Waals surface area contributed by atoms with Gasteiger partial charge in [0.1, 0.15) is 0 Å². The first kappa shape index (κ1) is 17.5. The molecule has 0 aliphatic heterocycles. The number of hydrogen-bond donors (Lipinski definition) is 0. The van der Waals surface area contributed by atoms with Crippen molar-refractivity contribution in [3.8, 4) is 0 Å². The van der Waals surface area contributed by atoms with Crippen molar-refractivity contribution in [2.75, 3.05) is 13.2 Å². The highest BCUT2D eigenvalue weighted by Gasteiger charge is 2.52. The molecule has 2 aliphatic carbocycles. The molecule has 124 valence electrons. The fourth-order valence-corrected chi connectivity index (χ4v) is 9.52. The monoisotopic (exact) mass is 312 g/mol. The lowest BCUT2D eigenvalue weighted by molar-refractivity contribution is 0.137. The lowest BCUT2D eigenvalue weighted by Crippen LogP contribution is -2.52. The molecule has 2 aliphatic rings. The van der Waals surface area contributed by atoms with Gasteiger partial charge in [-0.2, -0.15) is 0 Å². The SMILES string of the molecule is CCCO[Si](OCC)(C1CCCCC1)C1CCC(C)CC1. The fraction of sp³-hybridized carbons (Fsp3) is 1.00. The third-order valence-electron chi connectivity index (χ3n) is 5.66. The zero-order valence-electron chi connectivity index (χ0n) is 14.5. The molecule has 21 heavy (non-hydrogen) atoms. The Kier molecular flexibility index (Phi) is 7.23. The van der Waals surface area contributed by atoms with E-state index in [1.165, 1.54) is 57.8 Å². The molecule has 2 rings (SSSR count). The molecule has 2 nitrogen and oxygen atoms in total. The van der Waals surface area contributed by atoms with Gasteiger partial charge in [0.15, 0.2) is 0 Å². The van der Waals surface area contributed by atoms with E-state index in [0.717, 1.165) is 36.6 Å². The van der Waals surface area contributed by atoms with Crippen molar-refractivity contribution in [2.24, 2.45) is 5.92 Å². The normalized spacial score (nSPS) is 31.0. The van der Waals surface area contributed by atoms with Crippen molar-refractivity contribution in [1.29, 1.82) is 0 Å². The Hall–Kier alpha value is 0.137. The van der Waals surface area contributed by atoms with Crippen LogP contribution in [0, 0.1) is 5.92 Å². The van der Waals surface area contributed by atoms with Crippen molar-refractivity contribution in [3.05, 3.63) is 0 Å². The van der Waals surface area contributed by atoms with E-state index in [4.69, 9.17) is 8.85 Å². The second kappa shape index (κ2) is 8.69. The molecule has 0 N–H and O–H groups in total. The van der Waals surface area contributed by atoms with E-state index in [1.54, 1.807) is 0 Å². The first-order valence-corrected chi connectivity index (χ1v) is 11.5. The Balaban J connectivity index is 2.16. The Morgan fingerprint density at radius 3 is 2.00 bits per heavy atom. The quantitative estimate of drug-likeness (QED) is 0.553. The molecule has 2 saturated carbocycles. The summed E-state index contributed by atoms with van der Waals surface area (Å²) in [7, 11) is -2.04. The third-order valence-corrected chi connectivity index (χ3v) is 10.5. The van der Waals surface area contributed by atoms with Crippen molar-refractivity contribution in [1.82, 2.24) is 0 Å². The topological polar surface area (TPSA) is 18.5 Å². The van der Waals surface area contributed by atoms with E-state index in [0.29, 0.717) is 0 Å². The van der Waals surface area contributed by atoms with Gasteiger partial charge in [0, 0.05) is 24.3 Å². The van der Waals surface area contributed by atoms with Crippen molar-refractivity contribution in [3.63, 3.8) is 0 Å². The van der Waals surface area contributed by atoms with Gasteiger partial charge in [-0.05, 0) is 44.9 Å². The standard InChI is InChI=1S/C18H36O2Si/c1-4-15-20-21(19-5-2,17-9-7-6-8-10-17)18-13-11-16(3)12-14-18/h16-18H,4-15H2,1-3H3. The maximum absolute atomic E-state index is 6.65. The van der Waals surface area contributed by atoms with E-state index in [1.807, 2.05) is 0 Å². The summed E-state index contributed by atoms with van der Waals surface area (Å²) >= 11 is 0. The lowest BCUT2D eigenvalue weighted by atomic mass is 9.90. The summed E-state index contributed by atoms with van der Waals surface area (Å²) in [6.45, 7) is 8.57. The molecule has 0 amide bonds. The summed E-state index contributed by atoms with van der Waals surface area (Å²) in [5, 5.41) is 0. The second-order valence-corrected chi connectivity index (χ2v) is 10.9. The summed E-state index contributed by atoms with van der Waals surface area (Å²) in [6, 6.07) is 0. The summed E-state index contributed by atoms with van der Waals surface area (Å²) in [5.74, 6) is 0.909. The first-order chi connectivity index (χ1) is 10.2. The fourth-order valence-electron chi connectivity index (χ4n) is 4.50. The Morgan fingerprint density at radius 2 is 1.43 bits per heavy atom. The van der Waals surface area contributed by atoms with E-state index >= 15 is 0 Å². The zero-order chi connectivity index (χ0) is 15.1. The highest BCUT2D eigenvalue weighted by atomic mass is 28.4.